The summed E-state index contributed by atoms with van der Waals surface area (Å²) in [6.45, 7) is 4.05. The van der Waals surface area contributed by atoms with E-state index in [9.17, 15) is 4.39 Å². The second-order valence-corrected chi connectivity index (χ2v) is 11.8. The van der Waals surface area contributed by atoms with Gasteiger partial charge in [0.2, 0.25) is 0 Å². The lowest BCUT2D eigenvalue weighted by molar-refractivity contribution is -0.141. The quantitative estimate of drug-likeness (QED) is 0.182. The Balaban J connectivity index is 1.29. The summed E-state index contributed by atoms with van der Waals surface area (Å²) in [5, 5.41) is 0. The predicted molar refractivity (Wildman–Crippen MR) is 168 cm³/mol. The van der Waals surface area contributed by atoms with E-state index in [1.807, 2.05) is 72.8 Å². The number of aryl methyl sites for hydroxylation is 1. The highest BCUT2D eigenvalue weighted by atomic mass is 19.1. The monoisotopic (exact) mass is 599 g/mol. The van der Waals surface area contributed by atoms with Crippen LogP contribution in [0.15, 0.2) is 84.9 Å². The number of piperidine rings is 1. The molecule has 1 saturated heterocycles. The molecule has 2 aliphatic heterocycles. The molecule has 2 aliphatic rings. The minimum absolute atomic E-state index is 0.126. The zero-order chi connectivity index (χ0) is 30.6. The fraction of sp³-hybridized carbons (Fsp3) is 0.351. The maximum atomic E-state index is 15.9. The fourth-order valence-electron chi connectivity index (χ4n) is 6.69. The van der Waals surface area contributed by atoms with Gasteiger partial charge in [0.15, 0.2) is 6.29 Å². The summed E-state index contributed by atoms with van der Waals surface area (Å²) in [7, 11) is 3.32. The lowest BCUT2D eigenvalue weighted by Crippen LogP contribution is -2.39. The molecule has 5 nitrogen and oxygen atoms in total. The summed E-state index contributed by atoms with van der Waals surface area (Å²) < 4.78 is 53.5. The first-order valence-electron chi connectivity index (χ1n) is 15.2. The first-order valence-corrected chi connectivity index (χ1v) is 15.2. The van der Waals surface area contributed by atoms with Crippen molar-refractivity contribution in [3.05, 3.63) is 124 Å². The molecule has 0 bridgehead atoms. The Kier molecular flexibility index (Phi) is 9.14. The number of fused-ring (bicyclic) bond motifs is 1. The van der Waals surface area contributed by atoms with Crippen molar-refractivity contribution in [2.45, 2.75) is 44.5 Å². The molecule has 230 valence electrons. The fourth-order valence-corrected chi connectivity index (χ4v) is 6.69. The number of halogens is 2. The maximum absolute atomic E-state index is 15.9. The van der Waals surface area contributed by atoms with E-state index in [-0.39, 0.29) is 35.7 Å². The molecule has 6 rings (SSSR count). The number of anilines is 1. The van der Waals surface area contributed by atoms with Gasteiger partial charge in [0.05, 0.1) is 12.3 Å². The van der Waals surface area contributed by atoms with Gasteiger partial charge in [0.25, 0.3) is 0 Å². The largest absolute Gasteiger partial charge is 0.492 e. The molecule has 2 atom stereocenters. The molecule has 0 amide bonds. The molecule has 44 heavy (non-hydrogen) atoms. The molecule has 4 aromatic carbocycles. The van der Waals surface area contributed by atoms with Gasteiger partial charge in [0.1, 0.15) is 29.7 Å². The highest BCUT2D eigenvalue weighted by Gasteiger charge is 2.35. The Morgan fingerprint density at radius 3 is 2.30 bits per heavy atom. The molecule has 2 unspecified atom stereocenters. The summed E-state index contributed by atoms with van der Waals surface area (Å²) in [5.41, 5.74) is 5.02. The van der Waals surface area contributed by atoms with Crippen molar-refractivity contribution >= 4 is 5.69 Å². The number of nitrogens with zero attached hydrogens (tertiary/aromatic N) is 1. The third-order valence-corrected chi connectivity index (χ3v) is 9.06. The van der Waals surface area contributed by atoms with Gasteiger partial charge in [-0.1, -0.05) is 54.6 Å². The van der Waals surface area contributed by atoms with Crippen LogP contribution in [-0.2, 0) is 16.1 Å². The van der Waals surface area contributed by atoms with Crippen LogP contribution in [0, 0.1) is 24.5 Å². The van der Waals surface area contributed by atoms with Crippen molar-refractivity contribution in [3.63, 3.8) is 0 Å². The van der Waals surface area contributed by atoms with Crippen molar-refractivity contribution < 1.29 is 27.7 Å². The van der Waals surface area contributed by atoms with Crippen molar-refractivity contribution in [1.29, 1.82) is 0 Å². The van der Waals surface area contributed by atoms with E-state index >= 15 is 4.39 Å². The van der Waals surface area contributed by atoms with Crippen LogP contribution in [0.4, 0.5) is 14.5 Å². The molecule has 2 heterocycles. The number of rotatable bonds is 9. The molecular formula is C37H39F2NO4. The summed E-state index contributed by atoms with van der Waals surface area (Å²) in [6, 6.07) is 26.7. The van der Waals surface area contributed by atoms with Gasteiger partial charge in [-0.15, -0.1) is 0 Å². The van der Waals surface area contributed by atoms with Crippen LogP contribution in [0.3, 0.4) is 0 Å². The Bertz CT molecular complexity index is 1570. The van der Waals surface area contributed by atoms with Gasteiger partial charge in [0, 0.05) is 56.7 Å². The summed E-state index contributed by atoms with van der Waals surface area (Å²) >= 11 is 0. The maximum Gasteiger partial charge on any atom is 0.159 e. The van der Waals surface area contributed by atoms with Gasteiger partial charge in [-0.3, -0.25) is 0 Å². The predicted octanol–water partition coefficient (Wildman–Crippen LogP) is 8.00. The molecule has 7 heteroatoms. The van der Waals surface area contributed by atoms with E-state index in [1.165, 1.54) is 6.07 Å². The first kappa shape index (κ1) is 30.1. The Hall–Kier alpha value is -3.94. The first-order chi connectivity index (χ1) is 21.4. The average molecular weight is 600 g/mol. The molecule has 0 radical (unpaired) electrons. The van der Waals surface area contributed by atoms with Crippen LogP contribution < -0.4 is 14.4 Å². The number of methoxy groups -OCH3 is 2. The molecule has 0 spiro atoms. The van der Waals surface area contributed by atoms with E-state index in [0.29, 0.717) is 36.0 Å². The molecule has 1 fully saturated rings. The normalized spacial score (nSPS) is 18.6. The number of ether oxygens (including phenoxy) is 4. The van der Waals surface area contributed by atoms with Gasteiger partial charge >= 0.3 is 0 Å². The van der Waals surface area contributed by atoms with Crippen LogP contribution in [0.5, 0.6) is 11.5 Å². The Morgan fingerprint density at radius 2 is 1.59 bits per heavy atom. The minimum atomic E-state index is -0.249. The molecule has 0 aliphatic carbocycles. The van der Waals surface area contributed by atoms with Gasteiger partial charge in [-0.05, 0) is 66.3 Å². The van der Waals surface area contributed by atoms with Crippen LogP contribution >= 0.6 is 0 Å². The molecule has 0 saturated carbocycles. The van der Waals surface area contributed by atoms with Crippen molar-refractivity contribution in [3.8, 4) is 11.5 Å². The summed E-state index contributed by atoms with van der Waals surface area (Å²) in [5.74, 6) is 0.891. The smallest absolute Gasteiger partial charge is 0.159 e. The van der Waals surface area contributed by atoms with Crippen molar-refractivity contribution in [1.82, 2.24) is 0 Å². The summed E-state index contributed by atoms with van der Waals surface area (Å²) in [4.78, 5) is 2.10. The van der Waals surface area contributed by atoms with Crippen LogP contribution in [0.2, 0.25) is 0 Å². The lowest BCUT2D eigenvalue weighted by Gasteiger charge is -2.37. The highest BCUT2D eigenvalue weighted by Crippen LogP contribution is 2.48. The molecule has 4 aromatic rings. The third-order valence-electron chi connectivity index (χ3n) is 9.06. The second-order valence-electron chi connectivity index (χ2n) is 11.8. The number of hydrogen-bond donors (Lipinski definition) is 0. The average Bonchev–Trinajstić information content (AvgIpc) is 3.06. The van der Waals surface area contributed by atoms with Crippen LogP contribution in [-0.4, -0.2) is 40.2 Å². The second kappa shape index (κ2) is 13.4. The Labute approximate surface area is 258 Å². The van der Waals surface area contributed by atoms with E-state index in [0.717, 1.165) is 48.2 Å². The summed E-state index contributed by atoms with van der Waals surface area (Å²) in [6.07, 6.45) is 1.48. The minimum Gasteiger partial charge on any atom is -0.492 e. The van der Waals surface area contributed by atoms with Crippen molar-refractivity contribution in [2.75, 3.05) is 38.8 Å². The zero-order valence-corrected chi connectivity index (χ0v) is 25.5. The van der Waals surface area contributed by atoms with E-state index in [2.05, 4.69) is 4.90 Å². The van der Waals surface area contributed by atoms with Gasteiger partial charge in [-0.2, -0.15) is 0 Å². The van der Waals surface area contributed by atoms with Gasteiger partial charge < -0.3 is 23.8 Å². The van der Waals surface area contributed by atoms with Gasteiger partial charge in [-0.25, -0.2) is 8.78 Å². The van der Waals surface area contributed by atoms with Crippen LogP contribution in [0.25, 0.3) is 0 Å². The van der Waals surface area contributed by atoms with E-state index < -0.39 is 0 Å². The van der Waals surface area contributed by atoms with Crippen molar-refractivity contribution in [2.24, 2.45) is 5.92 Å². The standard InChI is InChI=1S/C37H39F2NO4/c1-24-19-27(9-13-32(24)38)31-23-44-35-21-29(43-22-25-7-5-4-6-8-25)11-12-30(35)36(31)28-10-14-34(33(39)20-28)40-17-15-26(16-18-40)37(41-2)42-3/h4-14,19-21,26,31,36-37H,15-18,22-23H2,1-3H3. The Morgan fingerprint density at radius 1 is 0.841 bits per heavy atom. The SMILES string of the molecule is COC(OC)C1CCN(c2ccc(C3c4ccc(OCc5ccccc5)cc4OCC3c3ccc(F)c(C)c3)cc2F)CC1. The molecular weight excluding hydrogens is 560 g/mol. The van der Waals surface area contributed by atoms with Crippen LogP contribution in [0.1, 0.15) is 52.5 Å². The van der Waals surface area contributed by atoms with E-state index in [1.54, 1.807) is 27.2 Å². The third kappa shape index (κ3) is 6.30. The topological polar surface area (TPSA) is 40.2 Å². The molecule has 0 aromatic heterocycles. The highest BCUT2D eigenvalue weighted by molar-refractivity contribution is 5.55. The van der Waals surface area contributed by atoms with E-state index in [4.69, 9.17) is 18.9 Å². The number of hydrogen-bond acceptors (Lipinski definition) is 5. The zero-order valence-electron chi connectivity index (χ0n) is 25.5. The number of benzene rings is 4. The lowest BCUT2D eigenvalue weighted by atomic mass is 9.75. The molecule has 0 N–H and O–H groups in total.